The Morgan fingerprint density at radius 3 is 1.79 bits per heavy atom. The van der Waals surface area contributed by atoms with Gasteiger partial charge < -0.3 is 40.9 Å². The molecule has 0 aromatic heterocycles. The average molecular weight is 269 g/mol. The van der Waals surface area contributed by atoms with E-state index in [-0.39, 0.29) is 17.1 Å². The third-order valence-electron chi connectivity index (χ3n) is 1.51. The Morgan fingerprint density at radius 2 is 1.57 bits per heavy atom. The van der Waals surface area contributed by atoms with Gasteiger partial charge in [0.1, 0.15) is 0 Å². The van der Waals surface area contributed by atoms with E-state index in [2.05, 4.69) is 0 Å². The number of halogens is 2. The van der Waals surface area contributed by atoms with E-state index in [9.17, 15) is 0 Å². The van der Waals surface area contributed by atoms with Gasteiger partial charge in [0, 0.05) is 22.9 Å². The van der Waals surface area contributed by atoms with Crippen molar-refractivity contribution in [2.75, 3.05) is 0 Å². The molecule has 0 aliphatic carbocycles. The third-order valence-corrected chi connectivity index (χ3v) is 2.07. The van der Waals surface area contributed by atoms with Crippen LogP contribution in [-0.4, -0.2) is 0 Å². The summed E-state index contributed by atoms with van der Waals surface area (Å²) < 4.78 is 0. The third kappa shape index (κ3) is 5.51. The van der Waals surface area contributed by atoms with Crippen molar-refractivity contribution in [3.8, 4) is 0 Å². The minimum absolute atomic E-state index is 0. The fourth-order valence-electron chi connectivity index (χ4n) is 0.853. The van der Waals surface area contributed by atoms with Crippen LogP contribution in [0, 0.1) is 0 Å². The van der Waals surface area contributed by atoms with Crippen molar-refractivity contribution in [2.45, 2.75) is 5.88 Å². The molecule has 0 radical (unpaired) electrons. The zero-order chi connectivity index (χ0) is 9.52. The van der Waals surface area contributed by atoms with Gasteiger partial charge in [-0.15, -0.1) is 17.2 Å². The van der Waals surface area contributed by atoms with E-state index in [0.717, 1.165) is 5.02 Å². The van der Waals surface area contributed by atoms with E-state index in [1.165, 1.54) is 5.56 Å². The molecule has 2 aromatic carbocycles. The van der Waals surface area contributed by atoms with Crippen LogP contribution in [0.4, 0.5) is 0 Å². The second-order valence-corrected chi connectivity index (χ2v) is 3.23. The molecular weight excluding hydrogens is 259 g/mol. The molecule has 82 valence electrons. The summed E-state index contributed by atoms with van der Waals surface area (Å²) in [4.78, 5) is 0. The maximum absolute atomic E-state index is 5.47. The predicted octanol–water partition coefficient (Wildman–Crippen LogP) is 4.20. The predicted molar refractivity (Wildman–Crippen MR) is 58.6 cm³/mol. The van der Waals surface area contributed by atoms with Crippen LogP contribution in [0.2, 0.25) is 5.02 Å². The minimum atomic E-state index is 0. The first-order valence-electron chi connectivity index (χ1n) is 3.96. The number of rotatable bonds is 1. The molecule has 0 aliphatic rings. The van der Waals surface area contributed by atoms with Crippen molar-refractivity contribution in [1.29, 1.82) is 0 Å². The SMILES string of the molecule is ClC[c-]1cccc1.Cl[c-]1[cH-][cH-][cH-][cH-]1.[Fe]. The first kappa shape index (κ1) is 13.8. The molecule has 2 aromatic rings. The molecule has 0 unspecified atom stereocenters. The van der Waals surface area contributed by atoms with Gasteiger partial charge in [0.25, 0.3) is 0 Å². The monoisotopic (exact) mass is 268 g/mol. The van der Waals surface area contributed by atoms with E-state index < -0.39 is 0 Å². The second kappa shape index (κ2) is 8.14. The molecule has 14 heavy (non-hydrogen) atoms. The molecular formula is C11H10Cl2Fe-6. The summed E-state index contributed by atoms with van der Waals surface area (Å²) >= 11 is 10.9. The quantitative estimate of drug-likeness (QED) is 0.413. The summed E-state index contributed by atoms with van der Waals surface area (Å²) in [5.74, 6) is 0.632. The normalized spacial score (nSPS) is 8.43. The summed E-state index contributed by atoms with van der Waals surface area (Å²) in [6.45, 7) is 0. The molecule has 0 amide bonds. The van der Waals surface area contributed by atoms with Gasteiger partial charge >= 0.3 is 0 Å². The van der Waals surface area contributed by atoms with Crippen LogP contribution in [0.15, 0.2) is 48.5 Å². The summed E-state index contributed by atoms with van der Waals surface area (Å²) in [5.41, 5.74) is 1.20. The van der Waals surface area contributed by atoms with Crippen molar-refractivity contribution in [3.05, 3.63) is 59.1 Å². The van der Waals surface area contributed by atoms with Crippen LogP contribution in [0.1, 0.15) is 5.56 Å². The average Bonchev–Trinajstić information content (AvgIpc) is 2.76. The van der Waals surface area contributed by atoms with Crippen LogP contribution in [0.5, 0.6) is 0 Å². The molecule has 2 rings (SSSR count). The van der Waals surface area contributed by atoms with Gasteiger partial charge in [-0.25, -0.2) is 12.1 Å². The van der Waals surface area contributed by atoms with Crippen molar-refractivity contribution >= 4 is 23.2 Å². The van der Waals surface area contributed by atoms with E-state index in [0.29, 0.717) is 5.88 Å². The van der Waals surface area contributed by atoms with Crippen LogP contribution < -0.4 is 0 Å². The Kier molecular flexibility index (Phi) is 8.02. The van der Waals surface area contributed by atoms with Crippen molar-refractivity contribution in [1.82, 2.24) is 0 Å². The van der Waals surface area contributed by atoms with Gasteiger partial charge in [0.05, 0.1) is 0 Å². The first-order chi connectivity index (χ1) is 6.33. The largest absolute Gasteiger partial charge is 0.747 e. The summed E-state index contributed by atoms with van der Waals surface area (Å²) in [6, 6.07) is 15.5. The zero-order valence-corrected chi connectivity index (χ0v) is 10.1. The van der Waals surface area contributed by atoms with Crippen LogP contribution in [-0.2, 0) is 22.9 Å². The molecule has 0 N–H and O–H groups in total. The van der Waals surface area contributed by atoms with Gasteiger partial charge in [-0.1, -0.05) is 0 Å². The van der Waals surface area contributed by atoms with E-state index in [1.807, 2.05) is 48.5 Å². The fourth-order valence-corrected chi connectivity index (χ4v) is 1.18. The number of hydrogen-bond donors (Lipinski definition) is 0. The molecule has 0 nitrogen and oxygen atoms in total. The van der Waals surface area contributed by atoms with Gasteiger partial charge in [-0.05, 0) is 0 Å². The van der Waals surface area contributed by atoms with Gasteiger partial charge in [0.15, 0.2) is 0 Å². The van der Waals surface area contributed by atoms with Gasteiger partial charge in [-0.2, -0.15) is 12.1 Å². The van der Waals surface area contributed by atoms with Crippen LogP contribution in [0.25, 0.3) is 0 Å². The maximum atomic E-state index is 5.47. The van der Waals surface area contributed by atoms with E-state index >= 15 is 0 Å². The van der Waals surface area contributed by atoms with Crippen LogP contribution >= 0.6 is 23.2 Å². The topological polar surface area (TPSA) is 0 Å². The van der Waals surface area contributed by atoms with Gasteiger partial charge in [-0.3, -0.25) is 0 Å². The molecule has 0 spiro atoms. The number of hydrogen-bond acceptors (Lipinski definition) is 0. The van der Waals surface area contributed by atoms with Crippen LogP contribution in [0.3, 0.4) is 0 Å². The Hall–Kier alpha value is -0.201. The van der Waals surface area contributed by atoms with Crippen molar-refractivity contribution < 1.29 is 17.1 Å². The molecule has 0 atom stereocenters. The second-order valence-electron chi connectivity index (χ2n) is 2.53. The molecule has 3 heteroatoms. The summed E-state index contributed by atoms with van der Waals surface area (Å²) in [7, 11) is 0. The Morgan fingerprint density at radius 1 is 1.07 bits per heavy atom. The minimum Gasteiger partial charge on any atom is -0.747 e. The Balaban J connectivity index is 0.000000227. The molecule has 0 heterocycles. The molecule has 0 bridgehead atoms. The van der Waals surface area contributed by atoms with Crippen molar-refractivity contribution in [2.24, 2.45) is 0 Å². The maximum Gasteiger partial charge on any atom is 0.00233 e. The standard InChI is InChI=1S/C6H6Cl.C5H4Cl.Fe/c7-5-6-3-1-2-4-6;6-5-3-1-2-4-5;/h1-4H,5H2;1-4H;/q-1;-5;. The first-order valence-corrected chi connectivity index (χ1v) is 4.88. The fraction of sp³-hybridized carbons (Fsp3) is 0.0909. The zero-order valence-electron chi connectivity index (χ0n) is 7.44. The smallest absolute Gasteiger partial charge is 0.00233 e. The summed E-state index contributed by atoms with van der Waals surface area (Å²) in [5, 5.41) is 0.815. The Labute approximate surface area is 105 Å². The molecule has 0 fully saturated rings. The molecule has 0 saturated carbocycles. The summed E-state index contributed by atoms with van der Waals surface area (Å²) in [6.07, 6.45) is 0. The van der Waals surface area contributed by atoms with E-state index in [1.54, 1.807) is 0 Å². The Bertz CT molecular complexity index is 298. The van der Waals surface area contributed by atoms with Crippen molar-refractivity contribution in [3.63, 3.8) is 0 Å². The van der Waals surface area contributed by atoms with Gasteiger partial charge in [0.2, 0.25) is 0 Å². The number of alkyl halides is 1. The molecule has 0 aliphatic heterocycles. The molecule has 0 saturated heterocycles. The van der Waals surface area contributed by atoms with E-state index in [4.69, 9.17) is 23.2 Å².